The van der Waals surface area contributed by atoms with Crippen LogP contribution in [0.4, 0.5) is 5.69 Å². The number of rotatable bonds is 7. The van der Waals surface area contributed by atoms with Gasteiger partial charge in [-0.25, -0.2) is 0 Å². The first-order valence-corrected chi connectivity index (χ1v) is 9.24. The van der Waals surface area contributed by atoms with E-state index in [2.05, 4.69) is 10.3 Å². The number of unbranched alkanes of at least 4 members (excludes halogenated alkanes) is 1. The van der Waals surface area contributed by atoms with Crippen LogP contribution in [0, 0.1) is 0 Å². The maximum absolute atomic E-state index is 12.3. The highest BCUT2D eigenvalue weighted by Crippen LogP contribution is 2.27. The first-order chi connectivity index (χ1) is 13.5. The molecule has 1 aliphatic rings. The molecule has 0 aromatic heterocycles. The van der Waals surface area contributed by atoms with E-state index in [4.69, 9.17) is 22.1 Å². The number of benzene rings is 2. The number of hydrogen-bond donors (Lipinski definition) is 2. The summed E-state index contributed by atoms with van der Waals surface area (Å²) in [5.41, 5.74) is 7.52. The molecule has 9 heteroatoms. The third kappa shape index (κ3) is 5.39. The number of ether oxygens (including phenoxy) is 1. The van der Waals surface area contributed by atoms with Gasteiger partial charge in [-0.1, -0.05) is 23.7 Å². The third-order valence-electron chi connectivity index (χ3n) is 4.37. The number of hydrogen-bond acceptors (Lipinski definition) is 4. The van der Waals surface area contributed by atoms with Crippen LogP contribution in [-0.2, 0) is 0 Å². The van der Waals surface area contributed by atoms with Crippen LogP contribution >= 0.6 is 35.6 Å². The summed E-state index contributed by atoms with van der Waals surface area (Å²) in [5, 5.41) is 3.43. The summed E-state index contributed by atoms with van der Waals surface area (Å²) in [6, 6.07) is 12.1. The first-order valence-electron chi connectivity index (χ1n) is 8.87. The summed E-state index contributed by atoms with van der Waals surface area (Å²) in [6.45, 7) is 0.842. The van der Waals surface area contributed by atoms with Gasteiger partial charge in [0.05, 0.1) is 23.3 Å². The van der Waals surface area contributed by atoms with Gasteiger partial charge >= 0.3 is 0 Å². The molecule has 2 amide bonds. The van der Waals surface area contributed by atoms with E-state index in [9.17, 15) is 9.59 Å². The highest BCUT2D eigenvalue weighted by Gasteiger charge is 2.34. The van der Waals surface area contributed by atoms with Gasteiger partial charge in [-0.2, -0.15) is 0 Å². The van der Waals surface area contributed by atoms with Crippen LogP contribution < -0.4 is 15.8 Å². The standard InChI is InChI=1S/C20H21ClN4O3.HI/c1-28-17-9-8-13(12-16(17)21)24-20(22)23-10-4-5-11-25-18(26)14-6-2-3-7-15(14)19(25)27;/h2-3,6-9,12H,4-5,10-11H2,1H3,(H3,22,23,24);1H. The fourth-order valence-corrected chi connectivity index (χ4v) is 3.21. The van der Waals surface area contributed by atoms with Crippen molar-refractivity contribution in [2.75, 3.05) is 25.5 Å². The normalized spacial score (nSPS) is 13.2. The molecular formula is C20H22ClIN4O3. The quantitative estimate of drug-likeness (QED) is 0.187. The number of nitrogens with one attached hydrogen (secondary N) is 1. The lowest BCUT2D eigenvalue weighted by atomic mass is 10.1. The molecule has 0 spiro atoms. The zero-order chi connectivity index (χ0) is 20.1. The second-order valence-electron chi connectivity index (χ2n) is 6.26. The van der Waals surface area contributed by atoms with E-state index in [1.54, 1.807) is 49.6 Å². The maximum Gasteiger partial charge on any atom is 0.261 e. The van der Waals surface area contributed by atoms with Crippen LogP contribution in [0.15, 0.2) is 47.5 Å². The molecule has 0 aliphatic carbocycles. The van der Waals surface area contributed by atoms with Gasteiger partial charge in [-0.3, -0.25) is 19.5 Å². The summed E-state index contributed by atoms with van der Waals surface area (Å²) in [5.74, 6) is 0.376. The number of aliphatic imine (C=N–C) groups is 1. The highest BCUT2D eigenvalue weighted by atomic mass is 127. The van der Waals surface area contributed by atoms with Crippen molar-refractivity contribution in [3.8, 4) is 5.75 Å². The number of guanidine groups is 1. The molecule has 1 heterocycles. The third-order valence-corrected chi connectivity index (χ3v) is 4.67. The number of carbonyl (C=O) groups excluding carboxylic acids is 2. The molecular weight excluding hydrogens is 507 g/mol. The minimum absolute atomic E-state index is 0. The molecule has 0 bridgehead atoms. The zero-order valence-corrected chi connectivity index (χ0v) is 18.9. The molecule has 0 saturated carbocycles. The maximum atomic E-state index is 12.3. The molecule has 2 aromatic rings. The number of carbonyl (C=O) groups is 2. The van der Waals surface area contributed by atoms with Crippen LogP contribution in [0.25, 0.3) is 0 Å². The molecule has 2 aromatic carbocycles. The largest absolute Gasteiger partial charge is 0.495 e. The Morgan fingerprint density at radius 2 is 1.79 bits per heavy atom. The molecule has 154 valence electrons. The first kappa shape index (κ1) is 23.0. The van der Waals surface area contributed by atoms with Gasteiger partial charge in [0.25, 0.3) is 11.8 Å². The molecule has 3 N–H and O–H groups in total. The Hall–Kier alpha value is -2.33. The average molecular weight is 529 g/mol. The Morgan fingerprint density at radius 3 is 2.38 bits per heavy atom. The van der Waals surface area contributed by atoms with Gasteiger partial charge in [0.15, 0.2) is 5.96 Å². The van der Waals surface area contributed by atoms with Crippen LogP contribution in [0.5, 0.6) is 5.75 Å². The van der Waals surface area contributed by atoms with Gasteiger partial charge in [-0.05, 0) is 43.2 Å². The van der Waals surface area contributed by atoms with Crippen molar-refractivity contribution in [3.05, 3.63) is 58.6 Å². The van der Waals surface area contributed by atoms with Crippen LogP contribution in [0.2, 0.25) is 5.02 Å². The monoisotopic (exact) mass is 528 g/mol. The van der Waals surface area contributed by atoms with Crippen molar-refractivity contribution < 1.29 is 14.3 Å². The Morgan fingerprint density at radius 1 is 1.14 bits per heavy atom. The summed E-state index contributed by atoms with van der Waals surface area (Å²) < 4.78 is 5.10. The van der Waals surface area contributed by atoms with Crippen LogP contribution in [-0.4, -0.2) is 42.9 Å². The van der Waals surface area contributed by atoms with E-state index in [1.165, 1.54) is 4.90 Å². The fourth-order valence-electron chi connectivity index (χ4n) is 2.95. The molecule has 29 heavy (non-hydrogen) atoms. The molecule has 0 fully saturated rings. The zero-order valence-electron chi connectivity index (χ0n) is 15.9. The van der Waals surface area contributed by atoms with Crippen LogP contribution in [0.1, 0.15) is 33.6 Å². The van der Waals surface area contributed by atoms with E-state index in [0.29, 0.717) is 53.5 Å². The minimum Gasteiger partial charge on any atom is -0.495 e. The number of fused-ring (bicyclic) bond motifs is 1. The van der Waals surface area contributed by atoms with Crippen LogP contribution in [0.3, 0.4) is 0 Å². The summed E-state index contributed by atoms with van der Waals surface area (Å²) >= 11 is 6.07. The Balaban J connectivity index is 0.00000300. The lowest BCUT2D eigenvalue weighted by Gasteiger charge is -2.13. The second kappa shape index (κ2) is 10.4. The average Bonchev–Trinajstić information content (AvgIpc) is 2.93. The number of amides is 2. The van der Waals surface area contributed by atoms with Crippen molar-refractivity contribution in [2.45, 2.75) is 12.8 Å². The summed E-state index contributed by atoms with van der Waals surface area (Å²) in [6.07, 6.45) is 1.34. The van der Waals surface area contributed by atoms with Crippen molar-refractivity contribution in [1.82, 2.24) is 4.90 Å². The Kier molecular flexibility index (Phi) is 8.27. The number of imide groups is 1. The van der Waals surface area contributed by atoms with E-state index in [0.717, 1.165) is 0 Å². The lowest BCUT2D eigenvalue weighted by Crippen LogP contribution is -2.30. The van der Waals surface area contributed by atoms with Gasteiger partial charge < -0.3 is 15.8 Å². The van der Waals surface area contributed by atoms with Crippen molar-refractivity contribution in [2.24, 2.45) is 10.7 Å². The predicted octanol–water partition coefficient (Wildman–Crippen LogP) is 3.77. The molecule has 0 saturated heterocycles. The van der Waals surface area contributed by atoms with Gasteiger partial charge in [0.1, 0.15) is 5.75 Å². The minimum atomic E-state index is -0.235. The van der Waals surface area contributed by atoms with Gasteiger partial charge in [0.2, 0.25) is 0 Å². The van der Waals surface area contributed by atoms with Gasteiger partial charge in [-0.15, -0.1) is 24.0 Å². The SMILES string of the molecule is COc1ccc(NC(N)=NCCCCN2C(=O)c3ccccc3C2=O)cc1Cl.I. The molecule has 1 aliphatic heterocycles. The summed E-state index contributed by atoms with van der Waals surface area (Å²) in [4.78, 5) is 30.1. The van der Waals surface area contributed by atoms with E-state index < -0.39 is 0 Å². The Labute approximate surface area is 191 Å². The van der Waals surface area contributed by atoms with E-state index in [1.807, 2.05) is 0 Å². The molecule has 3 rings (SSSR count). The van der Waals surface area contributed by atoms with Crippen molar-refractivity contribution in [1.29, 1.82) is 0 Å². The van der Waals surface area contributed by atoms with E-state index in [-0.39, 0.29) is 41.8 Å². The van der Waals surface area contributed by atoms with Crippen molar-refractivity contribution >= 4 is 59.0 Å². The lowest BCUT2D eigenvalue weighted by molar-refractivity contribution is 0.0652. The summed E-state index contributed by atoms with van der Waals surface area (Å²) in [7, 11) is 1.55. The molecule has 7 nitrogen and oxygen atoms in total. The van der Waals surface area contributed by atoms with Crippen molar-refractivity contribution in [3.63, 3.8) is 0 Å². The van der Waals surface area contributed by atoms with E-state index >= 15 is 0 Å². The number of anilines is 1. The molecule has 0 unspecified atom stereocenters. The molecule has 0 atom stereocenters. The fraction of sp³-hybridized carbons (Fsp3) is 0.250. The smallest absolute Gasteiger partial charge is 0.261 e. The van der Waals surface area contributed by atoms with Gasteiger partial charge in [0, 0.05) is 18.8 Å². The number of nitrogens with zero attached hydrogens (tertiary/aromatic N) is 2. The number of nitrogens with two attached hydrogens (primary N) is 1. The topological polar surface area (TPSA) is 97.0 Å². The second-order valence-corrected chi connectivity index (χ2v) is 6.66. The highest BCUT2D eigenvalue weighted by molar-refractivity contribution is 14.0. The number of halogens is 2. The number of methoxy groups -OCH3 is 1. The molecule has 0 radical (unpaired) electrons. The Bertz CT molecular complexity index is 901. The predicted molar refractivity (Wildman–Crippen MR) is 125 cm³/mol.